The van der Waals surface area contributed by atoms with Crippen LogP contribution in [0, 0.1) is 0 Å². The quantitative estimate of drug-likeness (QED) is 0.296. The van der Waals surface area contributed by atoms with Crippen LogP contribution in [0.25, 0.3) is 0 Å². The van der Waals surface area contributed by atoms with Crippen LogP contribution >= 0.6 is 0 Å². The number of nitrogens with one attached hydrogen (secondary N) is 3. The fourth-order valence-electron chi connectivity index (χ4n) is 3.99. The molecule has 0 aliphatic carbocycles. The van der Waals surface area contributed by atoms with Crippen molar-refractivity contribution in [2.75, 3.05) is 32.7 Å². The second-order valence-corrected chi connectivity index (χ2v) is 8.37. The number of carbonyl (C=O) groups excluding carboxylic acids is 2. The molecular weight excluding hydrogens is 430 g/mol. The molecule has 10 nitrogen and oxygen atoms in total. The molecule has 0 saturated carbocycles. The predicted molar refractivity (Wildman–Crippen MR) is 119 cm³/mol. The Morgan fingerprint density at radius 3 is 2.03 bits per heavy atom. The van der Waals surface area contributed by atoms with Gasteiger partial charge in [0.05, 0.1) is 12.2 Å². The molecule has 0 bridgehead atoms. The van der Waals surface area contributed by atoms with Crippen LogP contribution < -0.4 is 16.0 Å². The molecule has 1 aromatic carbocycles. The van der Waals surface area contributed by atoms with Gasteiger partial charge >= 0.3 is 5.97 Å². The van der Waals surface area contributed by atoms with Gasteiger partial charge in [-0.1, -0.05) is 12.1 Å². The number of carboxylic acid groups (broad SMARTS) is 1. The predicted octanol–water partition coefficient (Wildman–Crippen LogP) is 0.499. The van der Waals surface area contributed by atoms with Gasteiger partial charge in [-0.15, -0.1) is 0 Å². The fraction of sp³-hybridized carbons (Fsp3) is 0.609. The standard InChI is InChI=1S/C23H33N3O7/c27-16-3-1-15(2-4-16)20(32-17-5-10-24-11-6-17)22(29)26-14-9-19(28)21(23(30)31)33-18-7-12-25-13-8-18/h1-4,17-18,20-21,24-25,27H,5-14H2,(H,26,29)(H,30,31). The van der Waals surface area contributed by atoms with E-state index >= 15 is 0 Å². The van der Waals surface area contributed by atoms with Gasteiger partial charge in [-0.25, -0.2) is 4.79 Å². The van der Waals surface area contributed by atoms with Gasteiger partial charge in [0.25, 0.3) is 5.91 Å². The Labute approximate surface area is 193 Å². The zero-order chi connectivity index (χ0) is 23.6. The van der Waals surface area contributed by atoms with Crippen LogP contribution in [0.2, 0.25) is 0 Å². The fourth-order valence-corrected chi connectivity index (χ4v) is 3.99. The highest BCUT2D eigenvalue weighted by molar-refractivity contribution is 6.01. The number of ketones is 1. The molecule has 1 amide bonds. The number of piperidine rings is 2. The number of aliphatic carboxylic acids is 1. The van der Waals surface area contributed by atoms with Gasteiger partial charge in [-0.2, -0.15) is 0 Å². The molecule has 33 heavy (non-hydrogen) atoms. The van der Waals surface area contributed by atoms with Crippen LogP contribution in [0.5, 0.6) is 5.75 Å². The number of amides is 1. The number of aromatic hydroxyl groups is 1. The highest BCUT2D eigenvalue weighted by atomic mass is 16.5. The second-order valence-electron chi connectivity index (χ2n) is 8.37. The Balaban J connectivity index is 1.55. The van der Waals surface area contributed by atoms with E-state index in [1.54, 1.807) is 12.1 Å². The molecule has 0 aromatic heterocycles. The molecule has 2 aliphatic rings. The Hall–Kier alpha value is -2.53. The maximum atomic E-state index is 12.9. The lowest BCUT2D eigenvalue weighted by Gasteiger charge is -2.28. The number of rotatable bonds is 11. The lowest BCUT2D eigenvalue weighted by molar-refractivity contribution is -0.161. The summed E-state index contributed by atoms with van der Waals surface area (Å²) in [6.45, 7) is 3.02. The summed E-state index contributed by atoms with van der Waals surface area (Å²) in [6, 6.07) is 6.22. The first-order valence-electron chi connectivity index (χ1n) is 11.5. The molecule has 2 saturated heterocycles. The molecule has 0 spiro atoms. The maximum absolute atomic E-state index is 12.9. The molecule has 2 unspecified atom stereocenters. The number of hydrogen-bond acceptors (Lipinski definition) is 8. The summed E-state index contributed by atoms with van der Waals surface area (Å²) >= 11 is 0. The number of carbonyl (C=O) groups is 3. The highest BCUT2D eigenvalue weighted by Crippen LogP contribution is 2.24. The van der Waals surface area contributed by atoms with Crippen LogP contribution in [0.3, 0.4) is 0 Å². The summed E-state index contributed by atoms with van der Waals surface area (Å²) in [5.74, 6) is -2.24. The minimum absolute atomic E-state index is 0.0266. The van der Waals surface area contributed by atoms with Crippen molar-refractivity contribution in [1.29, 1.82) is 0 Å². The van der Waals surface area contributed by atoms with Gasteiger partial charge in [0.15, 0.2) is 11.9 Å². The number of benzene rings is 1. The SMILES string of the molecule is O=C(O)C(OC1CCNCC1)C(=O)CCNC(=O)C(OC1CCNCC1)c1ccc(O)cc1. The molecule has 2 heterocycles. The Kier molecular flexibility index (Phi) is 9.61. The van der Waals surface area contributed by atoms with Gasteiger partial charge in [0.1, 0.15) is 5.75 Å². The summed E-state index contributed by atoms with van der Waals surface area (Å²) in [6.07, 6.45) is -0.122. The summed E-state index contributed by atoms with van der Waals surface area (Å²) < 4.78 is 11.6. The van der Waals surface area contributed by atoms with E-state index in [1.807, 2.05) is 0 Å². The van der Waals surface area contributed by atoms with Crippen molar-refractivity contribution >= 4 is 17.7 Å². The van der Waals surface area contributed by atoms with Crippen molar-refractivity contribution < 1.29 is 34.1 Å². The first-order chi connectivity index (χ1) is 15.9. The molecule has 2 atom stereocenters. The van der Waals surface area contributed by atoms with Gasteiger partial charge in [-0.3, -0.25) is 9.59 Å². The molecule has 10 heteroatoms. The van der Waals surface area contributed by atoms with Gasteiger partial charge in [0.2, 0.25) is 6.10 Å². The Morgan fingerprint density at radius 2 is 1.48 bits per heavy atom. The zero-order valence-electron chi connectivity index (χ0n) is 18.6. The van der Waals surface area contributed by atoms with Crippen molar-refractivity contribution in [3.63, 3.8) is 0 Å². The minimum Gasteiger partial charge on any atom is -0.508 e. The first kappa shape index (κ1) is 25.1. The Morgan fingerprint density at radius 1 is 0.939 bits per heavy atom. The van der Waals surface area contributed by atoms with E-state index < -0.39 is 29.9 Å². The van der Waals surface area contributed by atoms with E-state index in [0.717, 1.165) is 39.0 Å². The second kappa shape index (κ2) is 12.6. The molecule has 1 aromatic rings. The average Bonchev–Trinajstić information content (AvgIpc) is 2.82. The first-order valence-corrected chi connectivity index (χ1v) is 11.5. The van der Waals surface area contributed by atoms with Crippen molar-refractivity contribution in [2.45, 2.75) is 56.5 Å². The molecule has 3 rings (SSSR count). The van der Waals surface area contributed by atoms with E-state index in [0.29, 0.717) is 18.4 Å². The summed E-state index contributed by atoms with van der Waals surface area (Å²) in [5.41, 5.74) is 0.591. The number of ether oxygens (including phenoxy) is 2. The van der Waals surface area contributed by atoms with Crippen LogP contribution in [0.15, 0.2) is 24.3 Å². The van der Waals surface area contributed by atoms with Gasteiger partial charge in [0, 0.05) is 13.0 Å². The van der Waals surface area contributed by atoms with Gasteiger partial charge < -0.3 is 35.6 Å². The van der Waals surface area contributed by atoms with E-state index in [4.69, 9.17) is 9.47 Å². The number of phenolic OH excluding ortho intramolecular Hbond substituents is 1. The maximum Gasteiger partial charge on any atom is 0.340 e. The van der Waals surface area contributed by atoms with Crippen LogP contribution in [-0.4, -0.2) is 78.9 Å². The van der Waals surface area contributed by atoms with Crippen molar-refractivity contribution in [3.8, 4) is 5.75 Å². The largest absolute Gasteiger partial charge is 0.508 e. The lowest BCUT2D eigenvalue weighted by Crippen LogP contribution is -2.42. The van der Waals surface area contributed by atoms with E-state index in [1.165, 1.54) is 12.1 Å². The monoisotopic (exact) mass is 463 g/mol. The van der Waals surface area contributed by atoms with Crippen LogP contribution in [0.1, 0.15) is 43.8 Å². The normalized spacial score (nSPS) is 19.5. The molecule has 0 radical (unpaired) electrons. The van der Waals surface area contributed by atoms with Crippen molar-refractivity contribution in [1.82, 2.24) is 16.0 Å². The van der Waals surface area contributed by atoms with Crippen LogP contribution in [-0.2, 0) is 23.9 Å². The molecule has 2 aliphatic heterocycles. The lowest BCUT2D eigenvalue weighted by atomic mass is 10.1. The molecule has 5 N–H and O–H groups in total. The molecule has 182 valence electrons. The van der Waals surface area contributed by atoms with E-state index in [-0.39, 0.29) is 30.9 Å². The molecule has 2 fully saturated rings. The van der Waals surface area contributed by atoms with Crippen molar-refractivity contribution in [2.24, 2.45) is 0 Å². The van der Waals surface area contributed by atoms with E-state index in [9.17, 15) is 24.6 Å². The number of Topliss-reactive ketones (excluding diaryl/α,β-unsaturated/α-hetero) is 1. The number of carboxylic acids is 1. The number of hydrogen-bond donors (Lipinski definition) is 5. The summed E-state index contributed by atoms with van der Waals surface area (Å²) in [7, 11) is 0. The third-order valence-electron chi connectivity index (χ3n) is 5.85. The highest BCUT2D eigenvalue weighted by Gasteiger charge is 2.31. The smallest absolute Gasteiger partial charge is 0.340 e. The zero-order valence-corrected chi connectivity index (χ0v) is 18.6. The third kappa shape index (κ3) is 7.78. The summed E-state index contributed by atoms with van der Waals surface area (Å²) in [5, 5.41) is 28.1. The third-order valence-corrected chi connectivity index (χ3v) is 5.85. The van der Waals surface area contributed by atoms with E-state index in [2.05, 4.69) is 16.0 Å². The topological polar surface area (TPSA) is 146 Å². The molecular formula is C23H33N3O7. The summed E-state index contributed by atoms with van der Waals surface area (Å²) in [4.78, 5) is 37.0. The van der Waals surface area contributed by atoms with Crippen molar-refractivity contribution in [3.05, 3.63) is 29.8 Å². The van der Waals surface area contributed by atoms with Crippen LogP contribution in [0.4, 0.5) is 0 Å². The number of phenols is 1. The minimum atomic E-state index is -1.54. The average molecular weight is 464 g/mol. The van der Waals surface area contributed by atoms with Gasteiger partial charge in [-0.05, 0) is 69.6 Å². The Bertz CT molecular complexity index is 790.